The van der Waals surface area contributed by atoms with Crippen molar-refractivity contribution >= 4 is 11.6 Å². The average molecular weight is 243 g/mol. The molecular formula is C12H19ClN2O. The molecule has 1 heterocycles. The molecule has 2 atom stereocenters. The molecule has 2 unspecified atom stereocenters. The van der Waals surface area contributed by atoms with Crippen molar-refractivity contribution in [1.29, 1.82) is 0 Å². The molecule has 0 aliphatic carbocycles. The number of rotatable bonds is 7. The highest BCUT2D eigenvalue weighted by Gasteiger charge is 2.09. The van der Waals surface area contributed by atoms with Crippen LogP contribution in [0.4, 0.5) is 0 Å². The Morgan fingerprint density at radius 1 is 1.50 bits per heavy atom. The third-order valence-corrected chi connectivity index (χ3v) is 2.85. The molecule has 4 heteroatoms. The van der Waals surface area contributed by atoms with Gasteiger partial charge < -0.3 is 10.4 Å². The van der Waals surface area contributed by atoms with E-state index in [4.69, 9.17) is 11.6 Å². The van der Waals surface area contributed by atoms with Gasteiger partial charge >= 0.3 is 0 Å². The summed E-state index contributed by atoms with van der Waals surface area (Å²) in [6.45, 7) is 2.66. The lowest BCUT2D eigenvalue weighted by Crippen LogP contribution is -2.37. The lowest BCUT2D eigenvalue weighted by Gasteiger charge is -2.18. The monoisotopic (exact) mass is 242 g/mol. The Bertz CT molecular complexity index is 282. The Hall–Kier alpha value is -0.640. The zero-order valence-corrected chi connectivity index (χ0v) is 10.3. The SMILES string of the molecule is CCC(Cc1ccccn1)NCC(O)CCl. The Morgan fingerprint density at radius 3 is 2.88 bits per heavy atom. The fourth-order valence-corrected chi connectivity index (χ4v) is 1.60. The van der Waals surface area contributed by atoms with Gasteiger partial charge in [-0.05, 0) is 18.6 Å². The largest absolute Gasteiger partial charge is 0.391 e. The summed E-state index contributed by atoms with van der Waals surface area (Å²) in [6, 6.07) is 6.26. The minimum absolute atomic E-state index is 0.271. The molecule has 0 amide bonds. The first kappa shape index (κ1) is 13.4. The van der Waals surface area contributed by atoms with Gasteiger partial charge in [-0.2, -0.15) is 0 Å². The van der Waals surface area contributed by atoms with Gasteiger partial charge in [-0.25, -0.2) is 0 Å². The minimum atomic E-state index is -0.473. The molecule has 0 aromatic carbocycles. The molecular weight excluding hydrogens is 224 g/mol. The molecule has 0 saturated carbocycles. The number of hydrogen-bond acceptors (Lipinski definition) is 3. The van der Waals surface area contributed by atoms with E-state index in [9.17, 15) is 5.11 Å². The number of hydrogen-bond donors (Lipinski definition) is 2. The van der Waals surface area contributed by atoms with Gasteiger partial charge in [0, 0.05) is 36.8 Å². The van der Waals surface area contributed by atoms with Crippen LogP contribution in [0, 0.1) is 0 Å². The van der Waals surface area contributed by atoms with Crippen molar-refractivity contribution in [3.05, 3.63) is 30.1 Å². The number of pyridine rings is 1. The third-order valence-electron chi connectivity index (χ3n) is 2.49. The van der Waals surface area contributed by atoms with Gasteiger partial charge in [-0.3, -0.25) is 4.98 Å². The number of alkyl halides is 1. The maximum Gasteiger partial charge on any atom is 0.0799 e. The van der Waals surface area contributed by atoms with E-state index in [0.717, 1.165) is 18.5 Å². The van der Waals surface area contributed by atoms with Crippen molar-refractivity contribution in [2.75, 3.05) is 12.4 Å². The zero-order chi connectivity index (χ0) is 11.8. The van der Waals surface area contributed by atoms with E-state index in [1.807, 2.05) is 18.2 Å². The van der Waals surface area contributed by atoms with Crippen LogP contribution in [0.15, 0.2) is 24.4 Å². The predicted octanol–water partition coefficient (Wildman–Crippen LogP) is 1.59. The van der Waals surface area contributed by atoms with Crippen LogP contribution < -0.4 is 5.32 Å². The first-order valence-corrected chi connectivity index (χ1v) is 6.17. The van der Waals surface area contributed by atoms with Crippen LogP contribution in [0.25, 0.3) is 0 Å². The van der Waals surface area contributed by atoms with Gasteiger partial charge in [-0.15, -0.1) is 11.6 Å². The van der Waals surface area contributed by atoms with Gasteiger partial charge in [0.05, 0.1) is 6.10 Å². The molecule has 3 nitrogen and oxygen atoms in total. The van der Waals surface area contributed by atoms with Crippen molar-refractivity contribution in [3.63, 3.8) is 0 Å². The molecule has 0 saturated heterocycles. The minimum Gasteiger partial charge on any atom is -0.391 e. The molecule has 1 rings (SSSR count). The van der Waals surface area contributed by atoms with E-state index in [1.165, 1.54) is 0 Å². The molecule has 0 aliphatic rings. The second-order valence-electron chi connectivity index (χ2n) is 3.85. The summed E-state index contributed by atoms with van der Waals surface area (Å²) in [5.41, 5.74) is 1.07. The van der Waals surface area contributed by atoms with Crippen molar-refractivity contribution in [2.45, 2.75) is 31.9 Å². The third kappa shape index (κ3) is 4.92. The molecule has 0 radical (unpaired) electrons. The van der Waals surface area contributed by atoms with E-state index >= 15 is 0 Å². The van der Waals surface area contributed by atoms with Crippen LogP contribution in [-0.2, 0) is 6.42 Å². The van der Waals surface area contributed by atoms with Gasteiger partial charge in [0.25, 0.3) is 0 Å². The second-order valence-corrected chi connectivity index (χ2v) is 4.16. The van der Waals surface area contributed by atoms with Crippen molar-refractivity contribution < 1.29 is 5.11 Å². The topological polar surface area (TPSA) is 45.2 Å². The molecule has 0 bridgehead atoms. The lowest BCUT2D eigenvalue weighted by atomic mass is 10.1. The molecule has 0 spiro atoms. The highest BCUT2D eigenvalue weighted by molar-refractivity contribution is 6.18. The van der Waals surface area contributed by atoms with E-state index in [1.54, 1.807) is 6.20 Å². The number of aliphatic hydroxyl groups excluding tert-OH is 1. The van der Waals surface area contributed by atoms with Gasteiger partial charge in [0.15, 0.2) is 0 Å². The number of aromatic nitrogens is 1. The highest BCUT2D eigenvalue weighted by atomic mass is 35.5. The zero-order valence-electron chi connectivity index (χ0n) is 9.56. The van der Waals surface area contributed by atoms with Gasteiger partial charge in [0.2, 0.25) is 0 Å². The molecule has 2 N–H and O–H groups in total. The summed E-state index contributed by atoms with van der Waals surface area (Å²) in [5, 5.41) is 12.7. The molecule has 1 aromatic heterocycles. The maximum atomic E-state index is 9.36. The fourth-order valence-electron chi connectivity index (χ4n) is 1.49. The molecule has 0 aliphatic heterocycles. The van der Waals surface area contributed by atoms with Crippen LogP contribution >= 0.6 is 11.6 Å². The van der Waals surface area contributed by atoms with Crippen molar-refractivity contribution in [1.82, 2.24) is 10.3 Å². The van der Waals surface area contributed by atoms with Gasteiger partial charge in [0.1, 0.15) is 0 Å². The summed E-state index contributed by atoms with van der Waals surface area (Å²) < 4.78 is 0. The Morgan fingerprint density at radius 2 is 2.31 bits per heavy atom. The summed E-state index contributed by atoms with van der Waals surface area (Å²) in [6.07, 6.45) is 3.22. The van der Waals surface area contributed by atoms with E-state index in [-0.39, 0.29) is 5.88 Å². The number of nitrogens with zero attached hydrogens (tertiary/aromatic N) is 1. The van der Waals surface area contributed by atoms with Crippen LogP contribution in [0.2, 0.25) is 0 Å². The number of nitrogens with one attached hydrogen (secondary N) is 1. The standard InChI is InChI=1S/C12H19ClN2O/c1-2-10(15-9-12(16)8-13)7-11-5-3-4-6-14-11/h3-6,10,12,15-16H,2,7-9H2,1H3. The van der Waals surface area contributed by atoms with Crippen LogP contribution in [0.1, 0.15) is 19.0 Å². The fraction of sp³-hybridized carbons (Fsp3) is 0.583. The van der Waals surface area contributed by atoms with E-state index < -0.39 is 6.10 Å². The summed E-state index contributed by atoms with van der Waals surface area (Å²) in [5.74, 6) is 0.271. The Balaban J connectivity index is 2.37. The highest BCUT2D eigenvalue weighted by Crippen LogP contribution is 2.02. The quantitative estimate of drug-likeness (QED) is 0.714. The van der Waals surface area contributed by atoms with Crippen LogP contribution in [0.3, 0.4) is 0 Å². The average Bonchev–Trinajstić information content (AvgIpc) is 2.35. The lowest BCUT2D eigenvalue weighted by molar-refractivity contribution is 0.188. The van der Waals surface area contributed by atoms with Crippen molar-refractivity contribution in [2.24, 2.45) is 0 Å². The normalized spacial score (nSPS) is 14.7. The Kier molecular flexibility index (Phi) is 6.38. The smallest absolute Gasteiger partial charge is 0.0799 e. The van der Waals surface area contributed by atoms with Crippen molar-refractivity contribution in [3.8, 4) is 0 Å². The summed E-state index contributed by atoms with van der Waals surface area (Å²) >= 11 is 5.54. The molecule has 0 fully saturated rings. The molecule has 1 aromatic rings. The predicted molar refractivity (Wildman–Crippen MR) is 66.7 cm³/mol. The van der Waals surface area contributed by atoms with Crippen LogP contribution in [-0.4, -0.2) is 34.7 Å². The second kappa shape index (κ2) is 7.60. The summed E-state index contributed by atoms with van der Waals surface area (Å²) in [7, 11) is 0. The number of halogens is 1. The van der Waals surface area contributed by atoms with Crippen LogP contribution in [0.5, 0.6) is 0 Å². The van der Waals surface area contributed by atoms with Gasteiger partial charge in [-0.1, -0.05) is 13.0 Å². The number of aliphatic hydroxyl groups is 1. The Labute approximate surface area is 102 Å². The van der Waals surface area contributed by atoms with E-state index in [2.05, 4.69) is 17.2 Å². The first-order chi connectivity index (χ1) is 7.76. The molecule has 16 heavy (non-hydrogen) atoms. The maximum absolute atomic E-state index is 9.36. The first-order valence-electron chi connectivity index (χ1n) is 5.63. The van der Waals surface area contributed by atoms with E-state index in [0.29, 0.717) is 12.6 Å². The molecule has 90 valence electrons. The summed E-state index contributed by atoms with van der Waals surface area (Å²) in [4.78, 5) is 4.29.